The van der Waals surface area contributed by atoms with E-state index in [1.165, 1.54) is 12.2 Å². The van der Waals surface area contributed by atoms with E-state index in [-0.39, 0.29) is 31.6 Å². The van der Waals surface area contributed by atoms with Crippen molar-refractivity contribution in [2.24, 2.45) is 17.8 Å². The number of rotatable bonds is 14. The highest BCUT2D eigenvalue weighted by Gasteiger charge is 2.48. The van der Waals surface area contributed by atoms with Crippen molar-refractivity contribution in [3.63, 3.8) is 0 Å². The van der Waals surface area contributed by atoms with Crippen LogP contribution in [0, 0.1) is 29.6 Å². The van der Waals surface area contributed by atoms with Crippen LogP contribution in [0.5, 0.6) is 0 Å². The molecule has 0 aromatic carbocycles. The number of nitrogens with zero attached hydrogens (tertiary/aromatic N) is 1. The van der Waals surface area contributed by atoms with E-state index in [0.717, 1.165) is 30.6 Å². The maximum absolute atomic E-state index is 11.8. The van der Waals surface area contributed by atoms with Gasteiger partial charge in [0.25, 0.3) is 11.8 Å². The number of alkyl carbamates (subject to hydrolysis) is 1. The Balaban J connectivity index is 1.06. The first-order valence-corrected chi connectivity index (χ1v) is 11.3. The van der Waals surface area contributed by atoms with Gasteiger partial charge in [0, 0.05) is 31.5 Å². The zero-order valence-corrected chi connectivity index (χ0v) is 18.4. The molecular weight excluding hydrogens is 416 g/mol. The van der Waals surface area contributed by atoms with Crippen molar-refractivity contribution < 1.29 is 33.3 Å². The third kappa shape index (κ3) is 7.93. The Kier molecular flexibility index (Phi) is 10.0. The van der Waals surface area contributed by atoms with Crippen molar-refractivity contribution in [3.8, 4) is 11.8 Å². The third-order valence-electron chi connectivity index (χ3n) is 5.89. The van der Waals surface area contributed by atoms with E-state index in [0.29, 0.717) is 57.3 Å². The van der Waals surface area contributed by atoms with Crippen LogP contribution in [0.4, 0.5) is 4.79 Å². The van der Waals surface area contributed by atoms with Crippen LogP contribution < -0.4 is 5.32 Å². The van der Waals surface area contributed by atoms with Gasteiger partial charge in [0.1, 0.15) is 6.61 Å². The van der Waals surface area contributed by atoms with Gasteiger partial charge in [-0.2, -0.15) is 0 Å². The van der Waals surface area contributed by atoms with Gasteiger partial charge in [0.15, 0.2) is 0 Å². The Morgan fingerprint density at radius 2 is 1.41 bits per heavy atom. The Hall–Kier alpha value is -2.41. The molecule has 32 heavy (non-hydrogen) atoms. The molecule has 0 aromatic heterocycles. The molecule has 0 bridgehead atoms. The lowest BCUT2D eigenvalue weighted by Gasteiger charge is -2.13. The molecule has 0 saturated heterocycles. The lowest BCUT2D eigenvalue weighted by atomic mass is 10.1. The van der Waals surface area contributed by atoms with E-state index in [1.807, 2.05) is 0 Å². The fourth-order valence-corrected chi connectivity index (χ4v) is 4.13. The van der Waals surface area contributed by atoms with Crippen LogP contribution in [-0.2, 0) is 28.5 Å². The largest absolute Gasteiger partial charge is 0.447 e. The number of fused-ring (bicyclic) bond motifs is 1. The summed E-state index contributed by atoms with van der Waals surface area (Å²) in [6, 6.07) is 0. The molecule has 1 saturated carbocycles. The monoisotopic (exact) mass is 448 g/mol. The SMILES string of the molecule is O=C(NCC1C2CCC#CCCC21)OCCOCCOCCOCCN1C(=O)C=CC1=O. The van der Waals surface area contributed by atoms with Crippen molar-refractivity contribution in [2.75, 3.05) is 59.3 Å². The summed E-state index contributed by atoms with van der Waals surface area (Å²) in [6.45, 7) is 3.23. The molecule has 1 aliphatic heterocycles. The van der Waals surface area contributed by atoms with Gasteiger partial charge >= 0.3 is 6.09 Å². The first-order valence-electron chi connectivity index (χ1n) is 11.3. The first-order chi connectivity index (χ1) is 15.7. The number of hydrogen-bond donors (Lipinski definition) is 1. The summed E-state index contributed by atoms with van der Waals surface area (Å²) in [5, 5.41) is 2.86. The smallest absolute Gasteiger partial charge is 0.407 e. The van der Waals surface area contributed by atoms with E-state index < -0.39 is 6.09 Å². The Morgan fingerprint density at radius 3 is 2.00 bits per heavy atom. The van der Waals surface area contributed by atoms with Gasteiger partial charge in [-0.3, -0.25) is 14.5 Å². The highest BCUT2D eigenvalue weighted by Crippen LogP contribution is 2.51. The third-order valence-corrected chi connectivity index (χ3v) is 5.89. The van der Waals surface area contributed by atoms with Gasteiger partial charge in [-0.05, 0) is 30.6 Å². The number of ether oxygens (including phenoxy) is 4. The number of amides is 3. The number of carbonyl (C=O) groups is 3. The van der Waals surface area contributed by atoms with Crippen LogP contribution in [0.25, 0.3) is 0 Å². The molecule has 2 unspecified atom stereocenters. The average molecular weight is 449 g/mol. The average Bonchev–Trinajstić information content (AvgIpc) is 3.30. The van der Waals surface area contributed by atoms with Gasteiger partial charge in [-0.25, -0.2) is 4.79 Å². The lowest BCUT2D eigenvalue weighted by molar-refractivity contribution is -0.137. The Morgan fingerprint density at radius 1 is 0.875 bits per heavy atom. The molecule has 3 aliphatic rings. The zero-order valence-electron chi connectivity index (χ0n) is 18.4. The van der Waals surface area contributed by atoms with E-state index >= 15 is 0 Å². The normalized spacial score (nSPS) is 23.8. The molecule has 0 aromatic rings. The zero-order chi connectivity index (χ0) is 22.6. The maximum atomic E-state index is 11.8. The standard InChI is InChI=1S/C23H32N2O7/c26-21-7-8-22(27)25(21)9-10-29-11-12-30-13-14-31-15-16-32-23(28)24-17-20-18-5-3-1-2-4-6-19(18)20/h7-8,18-20H,3-6,9-17H2,(H,24,28). The molecule has 9 heteroatoms. The molecule has 1 N–H and O–H groups in total. The number of hydrogen-bond acceptors (Lipinski definition) is 7. The molecule has 0 spiro atoms. The minimum atomic E-state index is -0.398. The molecule has 1 fully saturated rings. The Labute approximate surface area is 188 Å². The van der Waals surface area contributed by atoms with Crippen LogP contribution in [-0.4, -0.2) is 82.1 Å². The van der Waals surface area contributed by atoms with Crippen LogP contribution in [0.15, 0.2) is 12.2 Å². The predicted octanol–water partition coefficient (Wildman–Crippen LogP) is 1.13. The number of carbonyl (C=O) groups excluding carboxylic acids is 3. The second kappa shape index (κ2) is 13.2. The topological polar surface area (TPSA) is 103 Å². The van der Waals surface area contributed by atoms with Crippen LogP contribution >= 0.6 is 0 Å². The fraction of sp³-hybridized carbons (Fsp3) is 0.696. The van der Waals surface area contributed by atoms with E-state index in [9.17, 15) is 14.4 Å². The molecule has 3 rings (SSSR count). The summed E-state index contributed by atoms with van der Waals surface area (Å²) in [7, 11) is 0. The van der Waals surface area contributed by atoms with Crippen LogP contribution in [0.2, 0.25) is 0 Å². The molecule has 9 nitrogen and oxygen atoms in total. The highest BCUT2D eigenvalue weighted by molar-refractivity contribution is 6.12. The number of imide groups is 1. The van der Waals surface area contributed by atoms with Crippen molar-refractivity contribution in [1.29, 1.82) is 0 Å². The van der Waals surface area contributed by atoms with Gasteiger partial charge in [-0.15, -0.1) is 11.8 Å². The quantitative estimate of drug-likeness (QED) is 0.241. The second-order valence-electron chi connectivity index (χ2n) is 7.94. The van der Waals surface area contributed by atoms with Crippen molar-refractivity contribution in [2.45, 2.75) is 25.7 Å². The highest BCUT2D eigenvalue weighted by atomic mass is 16.6. The molecule has 3 amide bonds. The molecule has 2 atom stereocenters. The molecule has 176 valence electrons. The summed E-state index contributed by atoms with van der Waals surface area (Å²) in [4.78, 5) is 35.6. The van der Waals surface area contributed by atoms with Crippen molar-refractivity contribution in [1.82, 2.24) is 10.2 Å². The molecule has 1 heterocycles. The lowest BCUT2D eigenvalue weighted by Crippen LogP contribution is -2.33. The maximum Gasteiger partial charge on any atom is 0.407 e. The molecular formula is C23H32N2O7. The predicted molar refractivity (Wildman–Crippen MR) is 114 cm³/mol. The summed E-state index contributed by atoms with van der Waals surface area (Å²) in [5.41, 5.74) is 0. The van der Waals surface area contributed by atoms with E-state index in [1.54, 1.807) is 0 Å². The molecule has 0 radical (unpaired) electrons. The Bertz CT molecular complexity index is 706. The van der Waals surface area contributed by atoms with Gasteiger partial charge in [0.05, 0.1) is 46.2 Å². The summed E-state index contributed by atoms with van der Waals surface area (Å²) in [5.74, 6) is 7.73. The van der Waals surface area contributed by atoms with Crippen molar-refractivity contribution >= 4 is 17.9 Å². The summed E-state index contributed by atoms with van der Waals surface area (Å²) < 4.78 is 21.2. The van der Waals surface area contributed by atoms with Crippen LogP contribution in [0.3, 0.4) is 0 Å². The minimum Gasteiger partial charge on any atom is -0.447 e. The van der Waals surface area contributed by atoms with Crippen LogP contribution in [0.1, 0.15) is 25.7 Å². The first kappa shape index (κ1) is 24.2. The fourth-order valence-electron chi connectivity index (χ4n) is 4.13. The van der Waals surface area contributed by atoms with Crippen molar-refractivity contribution in [3.05, 3.63) is 12.2 Å². The van der Waals surface area contributed by atoms with E-state index in [4.69, 9.17) is 18.9 Å². The van der Waals surface area contributed by atoms with E-state index in [2.05, 4.69) is 17.2 Å². The van der Waals surface area contributed by atoms with Gasteiger partial charge < -0.3 is 24.3 Å². The second-order valence-corrected chi connectivity index (χ2v) is 7.94. The summed E-state index contributed by atoms with van der Waals surface area (Å²) >= 11 is 0. The van der Waals surface area contributed by atoms with Gasteiger partial charge in [-0.1, -0.05) is 0 Å². The molecule has 2 aliphatic carbocycles. The van der Waals surface area contributed by atoms with Gasteiger partial charge in [0.2, 0.25) is 0 Å². The minimum absolute atomic E-state index is 0.198. The number of nitrogens with one attached hydrogen (secondary N) is 1. The summed E-state index contributed by atoms with van der Waals surface area (Å²) in [6.07, 6.45) is 6.32.